The molecule has 2 unspecified atom stereocenters. The number of nitrogens with zero attached hydrogens (tertiary/aromatic N) is 1. The molecular formula is C23H24Cl2N2O4. The average Bonchev–Trinajstić information content (AvgIpc) is 3.06. The second-order valence-electron chi connectivity index (χ2n) is 7.82. The number of carbonyl (C=O) groups is 2. The molecule has 1 aromatic heterocycles. The van der Waals surface area contributed by atoms with E-state index in [-0.39, 0.29) is 18.4 Å². The summed E-state index contributed by atoms with van der Waals surface area (Å²) in [5, 5.41) is 23.6. The number of aryl methyl sites for hydroxylation is 1. The molecule has 0 fully saturated rings. The number of halogens is 2. The molecule has 164 valence electrons. The number of hydrogen-bond donors (Lipinski definition) is 3. The molecule has 0 bridgehead atoms. The standard InChI is InChI=1S/C23H24Cl2N2O4/c1-12(2)20(23(30)31)14-6-4-13(5-7-14)17(11-28)26-22(29)19-10-15-18(27(19)3)9-8-16(24)21(15)25/h4-10,12,17,20,28H,11H2,1-3H3,(H,26,29)(H,30,31). The molecule has 3 rings (SSSR count). The van der Waals surface area contributed by atoms with Crippen LogP contribution in [0.1, 0.15) is 47.4 Å². The van der Waals surface area contributed by atoms with Crippen molar-refractivity contribution in [3.05, 3.63) is 69.3 Å². The Balaban J connectivity index is 1.85. The molecule has 0 saturated carbocycles. The number of rotatable bonds is 7. The molecule has 3 N–H and O–H groups in total. The van der Waals surface area contributed by atoms with Gasteiger partial charge in [-0.05, 0) is 35.2 Å². The molecule has 8 heteroatoms. The monoisotopic (exact) mass is 462 g/mol. The van der Waals surface area contributed by atoms with Crippen molar-refractivity contribution in [2.75, 3.05) is 6.61 Å². The van der Waals surface area contributed by atoms with Gasteiger partial charge in [-0.2, -0.15) is 0 Å². The van der Waals surface area contributed by atoms with Gasteiger partial charge in [-0.15, -0.1) is 0 Å². The number of hydrogen-bond acceptors (Lipinski definition) is 3. The minimum atomic E-state index is -0.885. The molecule has 0 saturated heterocycles. The van der Waals surface area contributed by atoms with Crippen molar-refractivity contribution in [2.45, 2.75) is 25.8 Å². The summed E-state index contributed by atoms with van der Waals surface area (Å²) in [6.45, 7) is 3.40. The van der Waals surface area contributed by atoms with Crippen LogP contribution in [0.5, 0.6) is 0 Å². The average molecular weight is 463 g/mol. The Kier molecular flexibility index (Phi) is 6.94. The van der Waals surface area contributed by atoms with Gasteiger partial charge in [0.05, 0.1) is 28.6 Å². The topological polar surface area (TPSA) is 91.6 Å². The Morgan fingerprint density at radius 2 is 1.68 bits per heavy atom. The molecule has 3 aromatic rings. The molecule has 0 radical (unpaired) electrons. The number of carboxylic acids is 1. The van der Waals surface area contributed by atoms with Gasteiger partial charge in [-0.3, -0.25) is 9.59 Å². The lowest BCUT2D eigenvalue weighted by Gasteiger charge is -2.20. The minimum absolute atomic E-state index is 0.0662. The van der Waals surface area contributed by atoms with Crippen LogP contribution in [0, 0.1) is 5.92 Å². The summed E-state index contributed by atoms with van der Waals surface area (Å²) in [6.07, 6.45) is 0. The lowest BCUT2D eigenvalue weighted by molar-refractivity contribution is -0.139. The molecule has 1 amide bonds. The Labute approximate surface area is 190 Å². The summed E-state index contributed by atoms with van der Waals surface area (Å²) < 4.78 is 1.71. The van der Waals surface area contributed by atoms with Crippen LogP contribution in [0.2, 0.25) is 10.0 Å². The SMILES string of the molecule is CC(C)C(C(=O)O)c1ccc(C(CO)NC(=O)c2cc3c(Cl)c(Cl)ccc3n2C)cc1. The van der Waals surface area contributed by atoms with Crippen LogP contribution in [-0.4, -0.2) is 33.3 Å². The summed E-state index contributed by atoms with van der Waals surface area (Å²) in [7, 11) is 1.75. The number of benzene rings is 2. The Bertz CT molecular complexity index is 1120. The molecule has 1 heterocycles. The molecule has 2 atom stereocenters. The van der Waals surface area contributed by atoms with Crippen molar-refractivity contribution < 1.29 is 19.8 Å². The van der Waals surface area contributed by atoms with Gasteiger partial charge in [0.25, 0.3) is 5.91 Å². The van der Waals surface area contributed by atoms with Gasteiger partial charge in [0.1, 0.15) is 5.69 Å². The van der Waals surface area contributed by atoms with Crippen LogP contribution in [0.25, 0.3) is 10.9 Å². The molecule has 0 aliphatic heterocycles. The maximum atomic E-state index is 12.9. The van der Waals surface area contributed by atoms with Gasteiger partial charge in [0.2, 0.25) is 0 Å². The highest BCUT2D eigenvalue weighted by atomic mass is 35.5. The fourth-order valence-corrected chi connectivity index (χ4v) is 4.16. The number of amides is 1. The van der Waals surface area contributed by atoms with Crippen molar-refractivity contribution in [1.82, 2.24) is 9.88 Å². The van der Waals surface area contributed by atoms with Gasteiger partial charge >= 0.3 is 5.97 Å². The summed E-state index contributed by atoms with van der Waals surface area (Å²) in [4.78, 5) is 24.5. The van der Waals surface area contributed by atoms with E-state index >= 15 is 0 Å². The first kappa shape index (κ1) is 23.1. The van der Waals surface area contributed by atoms with Gasteiger partial charge < -0.3 is 20.1 Å². The Hall–Kier alpha value is -2.54. The minimum Gasteiger partial charge on any atom is -0.481 e. The summed E-state index contributed by atoms with van der Waals surface area (Å²) >= 11 is 12.3. The highest BCUT2D eigenvalue weighted by Crippen LogP contribution is 2.33. The second-order valence-corrected chi connectivity index (χ2v) is 8.60. The molecule has 0 aliphatic rings. The fourth-order valence-electron chi connectivity index (χ4n) is 3.78. The van der Waals surface area contributed by atoms with Crippen LogP contribution >= 0.6 is 23.2 Å². The van der Waals surface area contributed by atoms with Crippen molar-refractivity contribution in [1.29, 1.82) is 0 Å². The van der Waals surface area contributed by atoms with Crippen LogP contribution < -0.4 is 5.32 Å². The zero-order valence-corrected chi connectivity index (χ0v) is 18.9. The highest BCUT2D eigenvalue weighted by Gasteiger charge is 2.24. The van der Waals surface area contributed by atoms with Crippen molar-refractivity contribution in [2.24, 2.45) is 13.0 Å². The molecule has 31 heavy (non-hydrogen) atoms. The van der Waals surface area contributed by atoms with E-state index in [1.807, 2.05) is 13.8 Å². The number of aromatic nitrogens is 1. The highest BCUT2D eigenvalue weighted by molar-refractivity contribution is 6.45. The molecular weight excluding hydrogens is 439 g/mol. The van der Waals surface area contributed by atoms with Gasteiger partial charge in [-0.25, -0.2) is 0 Å². The van der Waals surface area contributed by atoms with Crippen molar-refractivity contribution in [3.8, 4) is 0 Å². The number of carbonyl (C=O) groups excluding carboxylic acids is 1. The first-order valence-electron chi connectivity index (χ1n) is 9.83. The normalized spacial score (nSPS) is 13.4. The first-order valence-corrected chi connectivity index (χ1v) is 10.6. The van der Waals surface area contributed by atoms with Crippen LogP contribution in [0.15, 0.2) is 42.5 Å². The molecule has 6 nitrogen and oxygen atoms in total. The van der Waals surface area contributed by atoms with E-state index in [0.29, 0.717) is 32.3 Å². The van der Waals surface area contributed by atoms with Crippen LogP contribution in [0.4, 0.5) is 0 Å². The Morgan fingerprint density at radius 1 is 1.06 bits per heavy atom. The van der Waals surface area contributed by atoms with E-state index in [2.05, 4.69) is 5.32 Å². The van der Waals surface area contributed by atoms with Gasteiger partial charge in [0, 0.05) is 18.0 Å². The smallest absolute Gasteiger partial charge is 0.311 e. The van der Waals surface area contributed by atoms with Crippen molar-refractivity contribution >= 4 is 46.0 Å². The maximum Gasteiger partial charge on any atom is 0.311 e. The maximum absolute atomic E-state index is 12.9. The third kappa shape index (κ3) is 4.56. The zero-order valence-electron chi connectivity index (χ0n) is 17.4. The van der Waals surface area contributed by atoms with E-state index in [4.69, 9.17) is 23.2 Å². The second kappa shape index (κ2) is 9.30. The third-order valence-corrected chi connectivity index (χ3v) is 6.28. The quantitative estimate of drug-likeness (QED) is 0.471. The van der Waals surface area contributed by atoms with Crippen LogP contribution in [0.3, 0.4) is 0 Å². The van der Waals surface area contributed by atoms with Crippen molar-refractivity contribution in [3.63, 3.8) is 0 Å². The van der Waals surface area contributed by atoms with E-state index in [0.717, 1.165) is 5.52 Å². The number of aliphatic hydroxyl groups excluding tert-OH is 1. The van der Waals surface area contributed by atoms with Gasteiger partial charge in [-0.1, -0.05) is 61.3 Å². The number of nitrogens with one attached hydrogen (secondary N) is 1. The summed E-state index contributed by atoms with van der Waals surface area (Å²) in [6, 6.07) is 11.4. The number of aliphatic hydroxyl groups is 1. The third-order valence-electron chi connectivity index (χ3n) is 5.46. The molecule has 0 spiro atoms. The van der Waals surface area contributed by atoms with Crippen LogP contribution in [-0.2, 0) is 11.8 Å². The zero-order chi connectivity index (χ0) is 22.9. The predicted molar refractivity (Wildman–Crippen MR) is 122 cm³/mol. The van der Waals surface area contributed by atoms with E-state index in [9.17, 15) is 19.8 Å². The first-order chi connectivity index (χ1) is 14.6. The van der Waals surface area contributed by atoms with E-state index < -0.39 is 17.9 Å². The number of carboxylic acid groups (broad SMARTS) is 1. The lowest BCUT2D eigenvalue weighted by atomic mass is 9.88. The largest absolute Gasteiger partial charge is 0.481 e. The molecule has 2 aromatic carbocycles. The van der Waals surface area contributed by atoms with Gasteiger partial charge in [0.15, 0.2) is 0 Å². The number of fused-ring (bicyclic) bond motifs is 1. The predicted octanol–water partition coefficient (Wildman–Crippen LogP) is 4.77. The van der Waals surface area contributed by atoms with E-state index in [1.165, 1.54) is 0 Å². The lowest BCUT2D eigenvalue weighted by Crippen LogP contribution is -2.32. The molecule has 0 aliphatic carbocycles. The summed E-state index contributed by atoms with van der Waals surface area (Å²) in [5.74, 6) is -1.95. The fraction of sp³-hybridized carbons (Fsp3) is 0.304. The Morgan fingerprint density at radius 3 is 2.23 bits per heavy atom. The number of aliphatic carboxylic acids is 1. The summed E-state index contributed by atoms with van der Waals surface area (Å²) in [5.41, 5.74) is 2.49. The van der Waals surface area contributed by atoms with E-state index in [1.54, 1.807) is 54.1 Å².